The molecular weight excluding hydrogens is 220 g/mol. The van der Waals surface area contributed by atoms with E-state index in [2.05, 4.69) is 37.4 Å². The van der Waals surface area contributed by atoms with Gasteiger partial charge < -0.3 is 5.32 Å². The summed E-state index contributed by atoms with van der Waals surface area (Å²) in [6.45, 7) is 4.21. The third kappa shape index (κ3) is 2.70. The highest BCUT2D eigenvalue weighted by Crippen LogP contribution is 2.21. The summed E-state index contributed by atoms with van der Waals surface area (Å²) in [6, 6.07) is 18.3. The van der Waals surface area contributed by atoms with Crippen LogP contribution in [-0.2, 0) is 0 Å². The molecule has 2 rings (SSSR count). The third-order valence-corrected chi connectivity index (χ3v) is 3.06. The van der Waals surface area contributed by atoms with Crippen molar-refractivity contribution in [3.05, 3.63) is 65.2 Å². The van der Waals surface area contributed by atoms with E-state index in [1.807, 2.05) is 36.4 Å². The van der Waals surface area contributed by atoms with Gasteiger partial charge >= 0.3 is 0 Å². The predicted molar refractivity (Wildman–Crippen MR) is 74.4 cm³/mol. The molecule has 2 nitrogen and oxygen atoms in total. The topological polar surface area (TPSA) is 35.8 Å². The number of rotatable bonds is 3. The van der Waals surface area contributed by atoms with Crippen molar-refractivity contribution in [2.45, 2.75) is 19.9 Å². The fourth-order valence-corrected chi connectivity index (χ4v) is 1.90. The zero-order valence-corrected chi connectivity index (χ0v) is 10.6. The van der Waals surface area contributed by atoms with E-state index in [1.54, 1.807) is 0 Å². The first-order valence-electron chi connectivity index (χ1n) is 6.03. The molecule has 0 amide bonds. The number of anilines is 1. The minimum Gasteiger partial charge on any atom is -0.378 e. The van der Waals surface area contributed by atoms with Crippen LogP contribution in [0.2, 0.25) is 0 Å². The van der Waals surface area contributed by atoms with Crippen LogP contribution in [-0.4, -0.2) is 0 Å². The molecule has 0 aliphatic rings. The molecule has 0 aliphatic carbocycles. The Balaban J connectivity index is 2.15. The fourth-order valence-electron chi connectivity index (χ4n) is 1.90. The van der Waals surface area contributed by atoms with Crippen LogP contribution in [0.15, 0.2) is 48.5 Å². The summed E-state index contributed by atoms with van der Waals surface area (Å²) in [5, 5.41) is 12.3. The Hall–Kier alpha value is -2.27. The van der Waals surface area contributed by atoms with Crippen LogP contribution in [0, 0.1) is 18.3 Å². The highest BCUT2D eigenvalue weighted by molar-refractivity contribution is 5.52. The molecule has 0 spiro atoms. The van der Waals surface area contributed by atoms with E-state index in [1.165, 1.54) is 11.1 Å². The van der Waals surface area contributed by atoms with Crippen molar-refractivity contribution < 1.29 is 0 Å². The van der Waals surface area contributed by atoms with Gasteiger partial charge in [0.15, 0.2) is 0 Å². The molecule has 90 valence electrons. The minimum absolute atomic E-state index is 0.221. The Morgan fingerprint density at radius 1 is 1.06 bits per heavy atom. The first-order chi connectivity index (χ1) is 8.70. The van der Waals surface area contributed by atoms with E-state index in [-0.39, 0.29) is 6.04 Å². The van der Waals surface area contributed by atoms with Crippen LogP contribution in [0.5, 0.6) is 0 Å². The van der Waals surface area contributed by atoms with Crippen LogP contribution >= 0.6 is 0 Å². The Labute approximate surface area is 108 Å². The highest BCUT2D eigenvalue weighted by Gasteiger charge is 2.06. The number of nitriles is 1. The normalized spacial score (nSPS) is 11.6. The van der Waals surface area contributed by atoms with Crippen LogP contribution in [0.4, 0.5) is 5.69 Å². The van der Waals surface area contributed by atoms with Gasteiger partial charge in [-0.15, -0.1) is 0 Å². The Morgan fingerprint density at radius 2 is 1.72 bits per heavy atom. The van der Waals surface area contributed by atoms with Crippen molar-refractivity contribution in [1.29, 1.82) is 5.26 Å². The average molecular weight is 236 g/mol. The number of benzene rings is 2. The number of nitrogens with one attached hydrogen (secondary N) is 1. The zero-order chi connectivity index (χ0) is 13.0. The molecule has 1 N–H and O–H groups in total. The van der Waals surface area contributed by atoms with Crippen molar-refractivity contribution >= 4 is 5.69 Å². The SMILES string of the molecule is Cc1ccccc1NC(C)c1ccc(C#N)cc1. The molecule has 0 saturated heterocycles. The minimum atomic E-state index is 0.221. The molecule has 0 saturated carbocycles. The summed E-state index contributed by atoms with van der Waals surface area (Å²) in [6.07, 6.45) is 0. The van der Waals surface area contributed by atoms with E-state index in [0.29, 0.717) is 5.56 Å². The van der Waals surface area contributed by atoms with Crippen molar-refractivity contribution in [3.63, 3.8) is 0 Å². The van der Waals surface area contributed by atoms with Crippen LogP contribution in [0.1, 0.15) is 29.7 Å². The van der Waals surface area contributed by atoms with Gasteiger partial charge in [-0.3, -0.25) is 0 Å². The van der Waals surface area contributed by atoms with E-state index in [0.717, 1.165) is 5.69 Å². The molecular formula is C16H16N2. The van der Waals surface area contributed by atoms with Crippen molar-refractivity contribution in [1.82, 2.24) is 0 Å². The van der Waals surface area contributed by atoms with Gasteiger partial charge in [-0.25, -0.2) is 0 Å². The molecule has 0 heterocycles. The van der Waals surface area contributed by atoms with Gasteiger partial charge in [-0.1, -0.05) is 30.3 Å². The molecule has 18 heavy (non-hydrogen) atoms. The fraction of sp³-hybridized carbons (Fsp3) is 0.188. The van der Waals surface area contributed by atoms with Crippen molar-refractivity contribution in [2.24, 2.45) is 0 Å². The summed E-state index contributed by atoms with van der Waals surface area (Å²) < 4.78 is 0. The number of aryl methyl sites for hydroxylation is 1. The summed E-state index contributed by atoms with van der Waals surface area (Å²) >= 11 is 0. The Kier molecular flexibility index (Phi) is 3.64. The zero-order valence-electron chi connectivity index (χ0n) is 10.6. The van der Waals surface area contributed by atoms with Gasteiger partial charge in [0.2, 0.25) is 0 Å². The quantitative estimate of drug-likeness (QED) is 0.873. The lowest BCUT2D eigenvalue weighted by Gasteiger charge is -2.17. The van der Waals surface area contributed by atoms with Crippen LogP contribution < -0.4 is 5.32 Å². The second-order valence-electron chi connectivity index (χ2n) is 4.41. The van der Waals surface area contributed by atoms with Gasteiger partial charge in [-0.2, -0.15) is 5.26 Å². The first kappa shape index (κ1) is 12.2. The number of hydrogen-bond donors (Lipinski definition) is 1. The number of hydrogen-bond acceptors (Lipinski definition) is 2. The number of para-hydroxylation sites is 1. The number of nitrogens with zero attached hydrogens (tertiary/aromatic N) is 1. The summed E-state index contributed by atoms with van der Waals surface area (Å²) in [5.74, 6) is 0. The van der Waals surface area contributed by atoms with E-state index < -0.39 is 0 Å². The van der Waals surface area contributed by atoms with E-state index in [9.17, 15) is 0 Å². The smallest absolute Gasteiger partial charge is 0.0991 e. The van der Waals surface area contributed by atoms with Crippen molar-refractivity contribution in [3.8, 4) is 6.07 Å². The van der Waals surface area contributed by atoms with Gasteiger partial charge in [-0.05, 0) is 43.2 Å². The van der Waals surface area contributed by atoms with E-state index >= 15 is 0 Å². The maximum Gasteiger partial charge on any atom is 0.0991 e. The molecule has 0 aromatic heterocycles. The van der Waals surface area contributed by atoms with Gasteiger partial charge in [0.25, 0.3) is 0 Å². The predicted octanol–water partition coefficient (Wildman–Crippen LogP) is 4.04. The van der Waals surface area contributed by atoms with Crippen molar-refractivity contribution in [2.75, 3.05) is 5.32 Å². The lowest BCUT2D eigenvalue weighted by atomic mass is 10.1. The van der Waals surface area contributed by atoms with Gasteiger partial charge in [0, 0.05) is 11.7 Å². The molecule has 2 aromatic rings. The largest absolute Gasteiger partial charge is 0.378 e. The second kappa shape index (κ2) is 5.37. The summed E-state index contributed by atoms with van der Waals surface area (Å²) in [5.41, 5.74) is 4.26. The standard InChI is InChI=1S/C16H16N2/c1-12-5-3-4-6-16(12)18-13(2)15-9-7-14(11-17)8-10-15/h3-10,13,18H,1-2H3. The third-order valence-electron chi connectivity index (χ3n) is 3.06. The summed E-state index contributed by atoms with van der Waals surface area (Å²) in [4.78, 5) is 0. The molecule has 1 unspecified atom stereocenters. The molecule has 0 bridgehead atoms. The maximum atomic E-state index is 8.77. The lowest BCUT2D eigenvalue weighted by molar-refractivity contribution is 0.882. The van der Waals surface area contributed by atoms with Crippen LogP contribution in [0.25, 0.3) is 0 Å². The monoisotopic (exact) mass is 236 g/mol. The van der Waals surface area contributed by atoms with Gasteiger partial charge in [0.1, 0.15) is 0 Å². The molecule has 1 atom stereocenters. The first-order valence-corrected chi connectivity index (χ1v) is 6.03. The van der Waals surface area contributed by atoms with Gasteiger partial charge in [0.05, 0.1) is 11.6 Å². The lowest BCUT2D eigenvalue weighted by Crippen LogP contribution is -2.07. The molecule has 0 radical (unpaired) electrons. The average Bonchev–Trinajstić information content (AvgIpc) is 2.41. The molecule has 0 aliphatic heterocycles. The summed E-state index contributed by atoms with van der Waals surface area (Å²) in [7, 11) is 0. The highest BCUT2D eigenvalue weighted by atomic mass is 14.9. The molecule has 2 heteroatoms. The maximum absolute atomic E-state index is 8.77. The molecule has 2 aromatic carbocycles. The van der Waals surface area contributed by atoms with E-state index in [4.69, 9.17) is 5.26 Å². The molecule has 0 fully saturated rings. The Morgan fingerprint density at radius 3 is 2.33 bits per heavy atom. The Bertz CT molecular complexity index is 564. The van der Waals surface area contributed by atoms with Crippen LogP contribution in [0.3, 0.4) is 0 Å². The second-order valence-corrected chi connectivity index (χ2v) is 4.41.